The Labute approximate surface area is 121 Å². The molecule has 1 heterocycles. The molecule has 0 bridgehead atoms. The third kappa shape index (κ3) is 2.33. The van der Waals surface area contributed by atoms with E-state index < -0.39 is 10.5 Å². The quantitative estimate of drug-likeness (QED) is 0.665. The molecular weight excluding hydrogens is 276 g/mol. The minimum Gasteiger partial charge on any atom is -0.496 e. The van der Waals surface area contributed by atoms with Crippen LogP contribution in [0.1, 0.15) is 23.2 Å². The van der Waals surface area contributed by atoms with E-state index in [2.05, 4.69) is 0 Å². The Morgan fingerprint density at radius 3 is 2.67 bits per heavy atom. The van der Waals surface area contributed by atoms with Gasteiger partial charge in [-0.3, -0.25) is 14.9 Å². The van der Waals surface area contributed by atoms with Crippen LogP contribution >= 0.6 is 0 Å². The van der Waals surface area contributed by atoms with Crippen LogP contribution in [0, 0.1) is 16.0 Å². The lowest BCUT2D eigenvalue weighted by atomic mass is 9.88. The van der Waals surface area contributed by atoms with Gasteiger partial charge in [0.25, 0.3) is 11.6 Å². The molecule has 3 rings (SSSR count). The average Bonchev–Trinajstić information content (AvgIpc) is 3.27. The van der Waals surface area contributed by atoms with Crippen molar-refractivity contribution in [3.63, 3.8) is 0 Å². The Morgan fingerprint density at radius 2 is 2.14 bits per heavy atom. The first kappa shape index (κ1) is 13.8. The largest absolute Gasteiger partial charge is 0.496 e. The zero-order valence-corrected chi connectivity index (χ0v) is 11.6. The summed E-state index contributed by atoms with van der Waals surface area (Å²) in [5, 5.41) is 21.1. The number of benzene rings is 1. The molecule has 1 aliphatic carbocycles. The molecule has 1 aromatic rings. The molecule has 1 aliphatic heterocycles. The molecule has 0 unspecified atom stereocenters. The number of carbonyl (C=O) groups excluding carboxylic acids is 1. The van der Waals surface area contributed by atoms with E-state index >= 15 is 0 Å². The van der Waals surface area contributed by atoms with Crippen molar-refractivity contribution in [2.45, 2.75) is 18.4 Å². The van der Waals surface area contributed by atoms with Crippen LogP contribution in [0.25, 0.3) is 0 Å². The molecule has 0 atom stereocenters. The topological polar surface area (TPSA) is 92.9 Å². The minimum absolute atomic E-state index is 0.155. The van der Waals surface area contributed by atoms with E-state index in [1.165, 1.54) is 30.2 Å². The van der Waals surface area contributed by atoms with Gasteiger partial charge in [-0.1, -0.05) is 0 Å². The summed E-state index contributed by atoms with van der Waals surface area (Å²) < 4.78 is 5.10. The number of ether oxygens (including phenoxy) is 1. The molecule has 7 nitrogen and oxygen atoms in total. The van der Waals surface area contributed by atoms with Crippen LogP contribution in [-0.4, -0.2) is 46.6 Å². The van der Waals surface area contributed by atoms with Crippen molar-refractivity contribution < 1.29 is 19.6 Å². The standard InChI is InChI=1S/C14H16N2O5/c1-21-12-5-4-10(16(19)20)6-11(12)13(17)15-7-14(18,8-15)9-2-3-9/h4-6,9,18H,2-3,7-8H2,1H3. The van der Waals surface area contributed by atoms with Gasteiger partial charge in [0.15, 0.2) is 0 Å². The molecule has 1 aromatic carbocycles. The van der Waals surface area contributed by atoms with Gasteiger partial charge in [-0.25, -0.2) is 0 Å². The van der Waals surface area contributed by atoms with Crippen molar-refractivity contribution in [2.24, 2.45) is 5.92 Å². The number of nitro benzene ring substituents is 1. The molecule has 0 radical (unpaired) electrons. The summed E-state index contributed by atoms with van der Waals surface area (Å²) in [6, 6.07) is 3.93. The third-order valence-corrected chi connectivity index (χ3v) is 4.18. The number of carbonyl (C=O) groups is 1. The van der Waals surface area contributed by atoms with Gasteiger partial charge in [0.05, 0.1) is 30.7 Å². The number of hydrogen-bond donors (Lipinski definition) is 1. The smallest absolute Gasteiger partial charge is 0.270 e. The van der Waals surface area contributed by atoms with Crippen molar-refractivity contribution >= 4 is 11.6 Å². The summed E-state index contributed by atoms with van der Waals surface area (Å²) in [6.07, 6.45) is 2.00. The van der Waals surface area contributed by atoms with Gasteiger partial charge < -0.3 is 14.7 Å². The molecule has 112 valence electrons. The van der Waals surface area contributed by atoms with Crippen LogP contribution in [-0.2, 0) is 0 Å². The van der Waals surface area contributed by atoms with Crippen LogP contribution in [0.5, 0.6) is 5.75 Å². The maximum atomic E-state index is 12.4. The fraction of sp³-hybridized carbons (Fsp3) is 0.500. The Bertz CT molecular complexity index is 605. The van der Waals surface area contributed by atoms with Crippen molar-refractivity contribution in [1.29, 1.82) is 0 Å². The second-order valence-electron chi connectivity index (χ2n) is 5.68. The van der Waals surface area contributed by atoms with Crippen molar-refractivity contribution in [3.05, 3.63) is 33.9 Å². The molecule has 7 heteroatoms. The third-order valence-electron chi connectivity index (χ3n) is 4.18. The first-order valence-corrected chi connectivity index (χ1v) is 6.79. The van der Waals surface area contributed by atoms with E-state index in [-0.39, 0.29) is 36.2 Å². The van der Waals surface area contributed by atoms with Crippen LogP contribution in [0.4, 0.5) is 5.69 Å². The lowest BCUT2D eigenvalue weighted by Gasteiger charge is -2.47. The number of nitrogens with zero attached hydrogens (tertiary/aromatic N) is 2. The molecular formula is C14H16N2O5. The molecule has 1 amide bonds. The number of non-ortho nitro benzene ring substituents is 1. The molecule has 0 aromatic heterocycles. The lowest BCUT2D eigenvalue weighted by molar-refractivity contribution is -0.384. The van der Waals surface area contributed by atoms with Gasteiger partial charge >= 0.3 is 0 Å². The van der Waals surface area contributed by atoms with E-state index in [0.717, 1.165) is 12.8 Å². The molecule has 1 saturated carbocycles. The van der Waals surface area contributed by atoms with Crippen LogP contribution in [0.15, 0.2) is 18.2 Å². The maximum Gasteiger partial charge on any atom is 0.270 e. The van der Waals surface area contributed by atoms with E-state index in [9.17, 15) is 20.0 Å². The Morgan fingerprint density at radius 1 is 1.48 bits per heavy atom. The van der Waals surface area contributed by atoms with Gasteiger partial charge in [-0.2, -0.15) is 0 Å². The molecule has 1 saturated heterocycles. The summed E-state index contributed by atoms with van der Waals surface area (Å²) in [5.41, 5.74) is -0.773. The highest BCUT2D eigenvalue weighted by atomic mass is 16.6. The minimum atomic E-state index is -0.774. The Kier molecular flexibility index (Phi) is 3.09. The fourth-order valence-corrected chi connectivity index (χ4v) is 2.78. The van der Waals surface area contributed by atoms with Gasteiger partial charge in [0.2, 0.25) is 0 Å². The van der Waals surface area contributed by atoms with E-state index in [4.69, 9.17) is 4.74 Å². The SMILES string of the molecule is COc1ccc([N+](=O)[O-])cc1C(=O)N1CC(O)(C2CC2)C1. The molecule has 2 aliphatic rings. The number of aliphatic hydroxyl groups is 1. The number of nitro groups is 1. The van der Waals surface area contributed by atoms with Crippen LogP contribution in [0.2, 0.25) is 0 Å². The number of rotatable bonds is 4. The summed E-state index contributed by atoms with van der Waals surface area (Å²) in [7, 11) is 1.41. The number of amides is 1. The zero-order valence-electron chi connectivity index (χ0n) is 11.6. The van der Waals surface area contributed by atoms with E-state index in [1.807, 2.05) is 0 Å². The first-order chi connectivity index (χ1) is 9.94. The fourth-order valence-electron chi connectivity index (χ4n) is 2.78. The monoisotopic (exact) mass is 292 g/mol. The highest BCUT2D eigenvalue weighted by Gasteiger charge is 2.53. The maximum absolute atomic E-state index is 12.4. The second-order valence-corrected chi connectivity index (χ2v) is 5.68. The van der Waals surface area contributed by atoms with Gasteiger partial charge in [0.1, 0.15) is 11.4 Å². The molecule has 2 fully saturated rings. The van der Waals surface area contributed by atoms with Crippen molar-refractivity contribution in [1.82, 2.24) is 4.90 Å². The number of β-amino-alcohol motifs (C(OH)–C–C–N with tert-alkyl or cyclic N) is 1. The van der Waals surface area contributed by atoms with E-state index in [1.54, 1.807) is 0 Å². The Balaban J connectivity index is 1.81. The predicted octanol–water partition coefficient (Wildman–Crippen LogP) is 1.20. The number of likely N-dealkylation sites (tertiary alicyclic amines) is 1. The van der Waals surface area contributed by atoms with Gasteiger partial charge in [-0.05, 0) is 24.8 Å². The van der Waals surface area contributed by atoms with Crippen LogP contribution < -0.4 is 4.74 Å². The molecule has 21 heavy (non-hydrogen) atoms. The first-order valence-electron chi connectivity index (χ1n) is 6.79. The van der Waals surface area contributed by atoms with E-state index in [0.29, 0.717) is 5.75 Å². The van der Waals surface area contributed by atoms with Gasteiger partial charge in [-0.15, -0.1) is 0 Å². The predicted molar refractivity (Wildman–Crippen MR) is 73.2 cm³/mol. The summed E-state index contributed by atoms with van der Waals surface area (Å²) in [4.78, 5) is 24.2. The number of methoxy groups -OCH3 is 1. The highest BCUT2D eigenvalue weighted by Crippen LogP contribution is 2.45. The summed E-state index contributed by atoms with van der Waals surface area (Å²) in [5.74, 6) is 0.238. The van der Waals surface area contributed by atoms with Crippen LogP contribution in [0.3, 0.4) is 0 Å². The zero-order chi connectivity index (χ0) is 15.2. The summed E-state index contributed by atoms with van der Waals surface area (Å²) in [6.45, 7) is 0.560. The van der Waals surface area contributed by atoms with Crippen molar-refractivity contribution in [3.8, 4) is 5.75 Å². The highest BCUT2D eigenvalue weighted by molar-refractivity contribution is 5.98. The average molecular weight is 292 g/mol. The second kappa shape index (κ2) is 4.70. The van der Waals surface area contributed by atoms with Gasteiger partial charge in [0, 0.05) is 12.1 Å². The lowest BCUT2D eigenvalue weighted by Crippen LogP contribution is -2.64. The Hall–Kier alpha value is -2.15. The normalized spacial score (nSPS) is 19.8. The van der Waals surface area contributed by atoms with Crippen molar-refractivity contribution in [2.75, 3.05) is 20.2 Å². The molecule has 0 spiro atoms. The number of hydrogen-bond acceptors (Lipinski definition) is 5. The molecule has 1 N–H and O–H groups in total. The summed E-state index contributed by atoms with van der Waals surface area (Å²) >= 11 is 0.